The fourth-order valence-electron chi connectivity index (χ4n) is 5.36. The summed E-state index contributed by atoms with van der Waals surface area (Å²) in [5.41, 5.74) is 5.11. The molecule has 4 nitrogen and oxygen atoms in total. The lowest BCUT2D eigenvalue weighted by Gasteiger charge is -2.43. The Hall–Kier alpha value is -2.62. The van der Waals surface area contributed by atoms with Crippen LogP contribution < -0.4 is 9.80 Å². The Labute approximate surface area is 147 Å². The van der Waals surface area contributed by atoms with Crippen LogP contribution in [-0.4, -0.2) is 23.2 Å². The third kappa shape index (κ3) is 1.38. The van der Waals surface area contributed by atoms with E-state index in [2.05, 4.69) is 61.0 Å². The zero-order valence-electron chi connectivity index (χ0n) is 14.7. The smallest absolute Gasteiger partial charge is 0.178 e. The number of hydrogen-bond acceptors (Lipinski definition) is 4. The van der Waals surface area contributed by atoms with E-state index >= 15 is 0 Å². The first-order valence-corrected chi connectivity index (χ1v) is 8.93. The van der Waals surface area contributed by atoms with E-state index in [0.717, 1.165) is 22.7 Å². The lowest BCUT2D eigenvalue weighted by Crippen LogP contribution is -2.50. The largest absolute Gasteiger partial charge is 0.335 e. The van der Waals surface area contributed by atoms with Crippen molar-refractivity contribution in [3.8, 4) is 0 Å². The molecular formula is C21H20N4. The molecule has 0 radical (unpaired) electrons. The third-order valence-electron chi connectivity index (χ3n) is 6.89. The van der Waals surface area contributed by atoms with Gasteiger partial charge in [0, 0.05) is 23.6 Å². The molecule has 1 aliphatic carbocycles. The van der Waals surface area contributed by atoms with Crippen molar-refractivity contribution in [2.45, 2.75) is 31.8 Å². The Balaban J connectivity index is 1.68. The second kappa shape index (κ2) is 3.96. The Bertz CT molecular complexity index is 1060. The Morgan fingerprint density at radius 3 is 2.32 bits per heavy atom. The summed E-state index contributed by atoms with van der Waals surface area (Å²) in [4.78, 5) is 14.8. The summed E-state index contributed by atoms with van der Waals surface area (Å²) in [5.74, 6) is 1.99. The quantitative estimate of drug-likeness (QED) is 0.618. The maximum atomic E-state index is 5.02. The highest BCUT2D eigenvalue weighted by Gasteiger charge is 2.72. The lowest BCUT2D eigenvalue weighted by atomic mass is 9.81. The molecule has 2 aromatic carbocycles. The average molecular weight is 328 g/mol. The fraction of sp³-hybridized carbons (Fsp3) is 0.333. The van der Waals surface area contributed by atoms with Gasteiger partial charge in [-0.2, -0.15) is 0 Å². The topological polar surface area (TPSA) is 32.3 Å². The van der Waals surface area contributed by atoms with Crippen molar-refractivity contribution in [2.24, 2.45) is 5.41 Å². The molecule has 3 atom stereocenters. The minimum Gasteiger partial charge on any atom is -0.335 e. The number of hydrogen-bond donors (Lipinski definition) is 0. The highest BCUT2D eigenvalue weighted by Crippen LogP contribution is 2.73. The van der Waals surface area contributed by atoms with Crippen molar-refractivity contribution in [1.82, 2.24) is 9.97 Å². The predicted octanol–water partition coefficient (Wildman–Crippen LogP) is 4.23. The van der Waals surface area contributed by atoms with Crippen LogP contribution in [-0.2, 0) is 5.41 Å². The molecule has 0 spiro atoms. The third-order valence-corrected chi connectivity index (χ3v) is 6.89. The number of aromatic nitrogens is 2. The molecular weight excluding hydrogens is 308 g/mol. The van der Waals surface area contributed by atoms with Crippen LogP contribution in [0.15, 0.2) is 48.5 Å². The highest BCUT2D eigenvalue weighted by molar-refractivity contribution is 5.89. The molecule has 0 saturated heterocycles. The summed E-state index contributed by atoms with van der Waals surface area (Å²) in [6.45, 7) is 4.83. The van der Waals surface area contributed by atoms with Crippen LogP contribution in [0.2, 0.25) is 0 Å². The average Bonchev–Trinajstić information content (AvgIpc) is 3.10. The molecule has 2 aliphatic heterocycles. The van der Waals surface area contributed by atoms with Crippen molar-refractivity contribution in [3.63, 3.8) is 0 Å². The van der Waals surface area contributed by atoms with Gasteiger partial charge in [-0.3, -0.25) is 0 Å². The molecule has 4 heteroatoms. The van der Waals surface area contributed by atoms with E-state index in [1.807, 2.05) is 18.2 Å². The monoisotopic (exact) mass is 328 g/mol. The molecule has 1 aromatic heterocycles. The van der Waals surface area contributed by atoms with Gasteiger partial charge in [0.1, 0.15) is 6.17 Å². The SMILES string of the molecule is CN1c2nc3ccccc3nc2N2c3ccccc3C3(C)CC3(C)C12. The van der Waals surface area contributed by atoms with Gasteiger partial charge in [-0.25, -0.2) is 9.97 Å². The number of para-hydroxylation sites is 3. The van der Waals surface area contributed by atoms with Gasteiger partial charge in [0.05, 0.1) is 11.0 Å². The van der Waals surface area contributed by atoms with Gasteiger partial charge < -0.3 is 9.80 Å². The van der Waals surface area contributed by atoms with Gasteiger partial charge in [0.2, 0.25) is 0 Å². The molecule has 3 aromatic rings. The number of anilines is 3. The van der Waals surface area contributed by atoms with Crippen molar-refractivity contribution in [2.75, 3.05) is 16.8 Å². The van der Waals surface area contributed by atoms with Crippen molar-refractivity contribution < 1.29 is 0 Å². The summed E-state index contributed by atoms with van der Waals surface area (Å²) >= 11 is 0. The second-order valence-corrected chi connectivity index (χ2v) is 8.16. The molecule has 1 fully saturated rings. The van der Waals surface area contributed by atoms with E-state index in [9.17, 15) is 0 Å². The minimum absolute atomic E-state index is 0.213. The van der Waals surface area contributed by atoms with E-state index in [0.29, 0.717) is 0 Å². The molecule has 3 unspecified atom stereocenters. The first-order chi connectivity index (χ1) is 12.0. The molecule has 0 bridgehead atoms. The van der Waals surface area contributed by atoms with Crippen LogP contribution in [0.5, 0.6) is 0 Å². The van der Waals surface area contributed by atoms with Gasteiger partial charge in [0.25, 0.3) is 0 Å². The molecule has 0 amide bonds. The number of nitrogens with zero attached hydrogens (tertiary/aromatic N) is 4. The molecule has 124 valence electrons. The van der Waals surface area contributed by atoms with Crippen LogP contribution in [0.4, 0.5) is 17.3 Å². The van der Waals surface area contributed by atoms with E-state index in [4.69, 9.17) is 9.97 Å². The van der Waals surface area contributed by atoms with Crippen molar-refractivity contribution in [3.05, 3.63) is 54.1 Å². The minimum atomic E-state index is 0.213. The number of fused-ring (bicyclic) bond motifs is 9. The van der Waals surface area contributed by atoms with Crippen molar-refractivity contribution >= 4 is 28.4 Å². The molecule has 25 heavy (non-hydrogen) atoms. The predicted molar refractivity (Wildman–Crippen MR) is 100 cm³/mol. The van der Waals surface area contributed by atoms with E-state index in [1.165, 1.54) is 17.7 Å². The first kappa shape index (κ1) is 13.6. The molecule has 3 heterocycles. The van der Waals surface area contributed by atoms with E-state index < -0.39 is 0 Å². The maximum Gasteiger partial charge on any atom is 0.178 e. The summed E-state index contributed by atoms with van der Waals surface area (Å²) in [6, 6.07) is 17.0. The van der Waals surface area contributed by atoms with Gasteiger partial charge >= 0.3 is 0 Å². The van der Waals surface area contributed by atoms with Crippen LogP contribution in [0.25, 0.3) is 11.0 Å². The standard InChI is InChI=1S/C21H20N4/c1-20-12-21(20,2)19-24(3)17-18(23-15-10-6-5-9-14(15)22-17)25(19)16-11-7-4-8-13(16)20/h4-11,19H,12H2,1-3H3. The van der Waals surface area contributed by atoms with Gasteiger partial charge in [0.15, 0.2) is 11.6 Å². The second-order valence-electron chi connectivity index (χ2n) is 8.16. The molecule has 3 aliphatic rings. The summed E-state index contributed by atoms with van der Waals surface area (Å²) < 4.78 is 0. The molecule has 6 rings (SSSR count). The first-order valence-electron chi connectivity index (χ1n) is 8.93. The van der Waals surface area contributed by atoms with Crippen LogP contribution in [0.3, 0.4) is 0 Å². The summed E-state index contributed by atoms with van der Waals surface area (Å²) in [7, 11) is 2.17. The zero-order valence-corrected chi connectivity index (χ0v) is 14.7. The number of benzene rings is 2. The summed E-state index contributed by atoms with van der Waals surface area (Å²) in [6.07, 6.45) is 1.48. The van der Waals surface area contributed by atoms with Crippen LogP contribution in [0, 0.1) is 5.41 Å². The lowest BCUT2D eigenvalue weighted by molar-refractivity contribution is 0.364. The van der Waals surface area contributed by atoms with E-state index in [1.54, 1.807) is 0 Å². The maximum absolute atomic E-state index is 5.02. The number of rotatable bonds is 0. The van der Waals surface area contributed by atoms with Gasteiger partial charge in [-0.1, -0.05) is 44.2 Å². The van der Waals surface area contributed by atoms with Crippen LogP contribution in [0.1, 0.15) is 25.8 Å². The normalized spacial score (nSPS) is 31.4. The molecule has 1 saturated carbocycles. The van der Waals surface area contributed by atoms with Gasteiger partial charge in [-0.15, -0.1) is 0 Å². The Morgan fingerprint density at radius 1 is 0.920 bits per heavy atom. The summed E-state index contributed by atoms with van der Waals surface area (Å²) in [5, 5.41) is 0. The fourth-order valence-corrected chi connectivity index (χ4v) is 5.36. The highest BCUT2D eigenvalue weighted by atomic mass is 15.5. The Morgan fingerprint density at radius 2 is 1.56 bits per heavy atom. The van der Waals surface area contributed by atoms with Gasteiger partial charge in [-0.05, 0) is 30.2 Å². The van der Waals surface area contributed by atoms with Crippen LogP contribution >= 0.6 is 0 Å². The zero-order chi connectivity index (χ0) is 17.0. The van der Waals surface area contributed by atoms with E-state index in [-0.39, 0.29) is 17.0 Å². The Kier molecular flexibility index (Phi) is 2.16. The van der Waals surface area contributed by atoms with Crippen molar-refractivity contribution in [1.29, 1.82) is 0 Å². The molecule has 0 N–H and O–H groups in total.